The Kier molecular flexibility index (Phi) is 3.99. The molecule has 0 spiro atoms. The molecule has 1 rings (SSSR count). The van der Waals surface area contributed by atoms with Gasteiger partial charge in [0, 0.05) is 12.9 Å². The van der Waals surface area contributed by atoms with E-state index >= 15 is 0 Å². The van der Waals surface area contributed by atoms with Gasteiger partial charge in [-0.05, 0) is 36.6 Å². The average Bonchev–Trinajstić information content (AvgIpc) is 2.17. The van der Waals surface area contributed by atoms with Crippen molar-refractivity contribution in [1.82, 2.24) is 0 Å². The predicted molar refractivity (Wildman–Crippen MR) is 51.0 cm³/mol. The molecule has 0 N–H and O–H groups in total. The number of carboxylic acids is 1. The lowest BCUT2D eigenvalue weighted by atomic mass is 10.1. The van der Waals surface area contributed by atoms with Crippen LogP contribution in [0, 0.1) is 5.82 Å². The minimum absolute atomic E-state index is 0.0582. The molecule has 0 aromatic heterocycles. The van der Waals surface area contributed by atoms with Gasteiger partial charge in [0.15, 0.2) is 0 Å². The average molecular weight is 225 g/mol. The van der Waals surface area contributed by atoms with Gasteiger partial charge in [0.2, 0.25) is 0 Å². The molecule has 86 valence electrons. The van der Waals surface area contributed by atoms with Gasteiger partial charge in [0.25, 0.3) is 0 Å². The number of aliphatic carboxylic acids is 1. The molecule has 1 aromatic carbocycles. The number of esters is 1. The van der Waals surface area contributed by atoms with Crippen LogP contribution in [0.25, 0.3) is 0 Å². The van der Waals surface area contributed by atoms with Gasteiger partial charge in [-0.15, -0.1) is 0 Å². The second-order valence-corrected chi connectivity index (χ2v) is 3.22. The number of hydrogen-bond donors (Lipinski definition) is 0. The Morgan fingerprint density at radius 2 is 2.12 bits per heavy atom. The molecule has 0 heterocycles. The fraction of sp³-hybridized carbons (Fsp3) is 0.273. The molecule has 0 amide bonds. The maximum absolute atomic E-state index is 12.9. The number of aryl methyl sites for hydroxylation is 1. The highest BCUT2D eigenvalue weighted by Gasteiger charge is 2.07. The van der Waals surface area contributed by atoms with Crippen LogP contribution in [-0.2, 0) is 16.0 Å². The molecule has 0 aliphatic heterocycles. The van der Waals surface area contributed by atoms with E-state index < -0.39 is 17.8 Å². The van der Waals surface area contributed by atoms with Crippen LogP contribution in [-0.4, -0.2) is 11.9 Å². The van der Waals surface area contributed by atoms with Crippen LogP contribution in [0.3, 0.4) is 0 Å². The molecule has 4 nitrogen and oxygen atoms in total. The van der Waals surface area contributed by atoms with Crippen LogP contribution in [0.15, 0.2) is 18.2 Å². The van der Waals surface area contributed by atoms with Crippen molar-refractivity contribution >= 4 is 11.9 Å². The fourth-order valence-electron chi connectivity index (χ4n) is 1.23. The van der Waals surface area contributed by atoms with E-state index in [9.17, 15) is 19.1 Å². The maximum atomic E-state index is 12.9. The summed E-state index contributed by atoms with van der Waals surface area (Å²) in [4.78, 5) is 21.0. The molecule has 0 atom stereocenters. The number of halogens is 1. The highest BCUT2D eigenvalue weighted by molar-refractivity contribution is 5.70. The molecule has 0 radical (unpaired) electrons. The summed E-state index contributed by atoms with van der Waals surface area (Å²) in [6.07, 6.45) is -0.194. The summed E-state index contributed by atoms with van der Waals surface area (Å²) in [6, 6.07) is 3.57. The second kappa shape index (κ2) is 5.25. The van der Waals surface area contributed by atoms with Gasteiger partial charge in [-0.25, -0.2) is 4.39 Å². The molecule has 0 aliphatic rings. The van der Waals surface area contributed by atoms with Crippen molar-refractivity contribution in [1.29, 1.82) is 0 Å². The third-order valence-electron chi connectivity index (χ3n) is 1.87. The van der Waals surface area contributed by atoms with Gasteiger partial charge in [0.1, 0.15) is 11.6 Å². The Morgan fingerprint density at radius 3 is 2.69 bits per heavy atom. The molecule has 0 saturated heterocycles. The van der Waals surface area contributed by atoms with E-state index in [0.29, 0.717) is 5.56 Å². The number of carbonyl (C=O) groups is 2. The first-order chi connectivity index (χ1) is 7.49. The van der Waals surface area contributed by atoms with Crippen molar-refractivity contribution in [2.45, 2.75) is 19.8 Å². The summed E-state index contributed by atoms with van der Waals surface area (Å²) >= 11 is 0. The fourth-order valence-corrected chi connectivity index (χ4v) is 1.23. The molecule has 1 aromatic rings. The SMILES string of the molecule is CC(=O)Oc1ccc(F)cc1CCC(=O)[O-]. The van der Waals surface area contributed by atoms with Crippen LogP contribution in [0.2, 0.25) is 0 Å². The quantitative estimate of drug-likeness (QED) is 0.550. The first-order valence-corrected chi connectivity index (χ1v) is 4.65. The number of ether oxygens (including phenoxy) is 1. The van der Waals surface area contributed by atoms with E-state index in [-0.39, 0.29) is 18.6 Å². The van der Waals surface area contributed by atoms with Crippen molar-refractivity contribution in [3.05, 3.63) is 29.6 Å². The largest absolute Gasteiger partial charge is 0.550 e. The number of carboxylic acid groups (broad SMARTS) is 1. The summed E-state index contributed by atoms with van der Waals surface area (Å²) in [5.41, 5.74) is 0.333. The molecule has 0 unspecified atom stereocenters. The zero-order chi connectivity index (χ0) is 12.1. The lowest BCUT2D eigenvalue weighted by molar-refractivity contribution is -0.305. The molecule has 5 heteroatoms. The molecule has 0 saturated carbocycles. The van der Waals surface area contributed by atoms with Crippen molar-refractivity contribution in [2.24, 2.45) is 0 Å². The smallest absolute Gasteiger partial charge is 0.308 e. The first kappa shape index (κ1) is 12.2. The molecular formula is C11H10FO4-. The Balaban J connectivity index is 2.89. The Hall–Kier alpha value is -1.91. The van der Waals surface area contributed by atoms with Crippen LogP contribution >= 0.6 is 0 Å². The summed E-state index contributed by atoms with van der Waals surface area (Å²) in [7, 11) is 0. The summed E-state index contributed by atoms with van der Waals surface area (Å²) in [6.45, 7) is 1.21. The van der Waals surface area contributed by atoms with Crippen molar-refractivity contribution in [2.75, 3.05) is 0 Å². The highest BCUT2D eigenvalue weighted by atomic mass is 19.1. The van der Waals surface area contributed by atoms with E-state index in [4.69, 9.17) is 4.74 Å². The number of benzene rings is 1. The van der Waals surface area contributed by atoms with E-state index in [0.717, 1.165) is 12.1 Å². The van der Waals surface area contributed by atoms with Gasteiger partial charge >= 0.3 is 5.97 Å². The maximum Gasteiger partial charge on any atom is 0.308 e. The lowest BCUT2D eigenvalue weighted by Crippen LogP contribution is -2.22. The Morgan fingerprint density at radius 1 is 1.44 bits per heavy atom. The second-order valence-electron chi connectivity index (χ2n) is 3.22. The molecule has 16 heavy (non-hydrogen) atoms. The molecular weight excluding hydrogens is 215 g/mol. The van der Waals surface area contributed by atoms with Crippen LogP contribution in [0.4, 0.5) is 4.39 Å². The van der Waals surface area contributed by atoms with Crippen LogP contribution in [0.5, 0.6) is 5.75 Å². The zero-order valence-corrected chi connectivity index (χ0v) is 8.66. The number of carbonyl (C=O) groups excluding carboxylic acids is 2. The predicted octanol–water partition coefficient (Wildman–Crippen LogP) is 0.433. The van der Waals surface area contributed by atoms with Gasteiger partial charge in [-0.3, -0.25) is 4.79 Å². The van der Waals surface area contributed by atoms with Gasteiger partial charge in [0.05, 0.1) is 0 Å². The van der Waals surface area contributed by atoms with E-state index in [1.807, 2.05) is 0 Å². The van der Waals surface area contributed by atoms with Gasteiger partial charge in [-0.1, -0.05) is 0 Å². The van der Waals surface area contributed by atoms with Gasteiger partial charge in [-0.2, -0.15) is 0 Å². The first-order valence-electron chi connectivity index (χ1n) is 4.65. The van der Waals surface area contributed by atoms with E-state index in [1.165, 1.54) is 13.0 Å². The number of hydrogen-bond acceptors (Lipinski definition) is 4. The third-order valence-corrected chi connectivity index (χ3v) is 1.87. The van der Waals surface area contributed by atoms with E-state index in [2.05, 4.69) is 0 Å². The monoisotopic (exact) mass is 225 g/mol. The van der Waals surface area contributed by atoms with Gasteiger partial charge < -0.3 is 14.6 Å². The summed E-state index contributed by atoms with van der Waals surface area (Å²) < 4.78 is 17.7. The van der Waals surface area contributed by atoms with Crippen molar-refractivity contribution in [3.63, 3.8) is 0 Å². The van der Waals surface area contributed by atoms with Crippen molar-refractivity contribution < 1.29 is 23.8 Å². The summed E-state index contributed by atoms with van der Waals surface area (Å²) in [5, 5.41) is 10.3. The highest BCUT2D eigenvalue weighted by Crippen LogP contribution is 2.21. The van der Waals surface area contributed by atoms with Crippen LogP contribution in [0.1, 0.15) is 18.9 Å². The minimum Gasteiger partial charge on any atom is -0.550 e. The number of rotatable bonds is 4. The normalized spacial score (nSPS) is 9.88. The van der Waals surface area contributed by atoms with Crippen molar-refractivity contribution in [3.8, 4) is 5.75 Å². The Bertz CT molecular complexity index is 414. The summed E-state index contributed by atoms with van der Waals surface area (Å²) in [5.74, 6) is -2.11. The minimum atomic E-state index is -1.24. The third kappa shape index (κ3) is 3.68. The topological polar surface area (TPSA) is 66.4 Å². The van der Waals surface area contributed by atoms with Crippen LogP contribution < -0.4 is 9.84 Å². The van der Waals surface area contributed by atoms with E-state index in [1.54, 1.807) is 0 Å². The molecule has 0 fully saturated rings. The standard InChI is InChI=1S/C11H11FO4/c1-7(13)16-10-4-3-9(12)6-8(10)2-5-11(14)15/h3-4,6H,2,5H2,1H3,(H,14,15)/p-1. The Labute approximate surface area is 91.7 Å². The molecule has 0 aliphatic carbocycles. The lowest BCUT2D eigenvalue weighted by Gasteiger charge is -2.09. The molecule has 0 bridgehead atoms. The zero-order valence-electron chi connectivity index (χ0n) is 8.66.